The van der Waals surface area contributed by atoms with Crippen molar-refractivity contribution in [3.63, 3.8) is 0 Å². The summed E-state index contributed by atoms with van der Waals surface area (Å²) in [5.41, 5.74) is 2.57. The van der Waals surface area contributed by atoms with Gasteiger partial charge < -0.3 is 9.16 Å². The number of carbonyl (C=O) groups is 1. The van der Waals surface area contributed by atoms with Crippen LogP contribution in [0.1, 0.15) is 59.8 Å². The summed E-state index contributed by atoms with van der Waals surface area (Å²) in [7, 11) is -1.66. The Hall–Kier alpha value is -0.873. The molecule has 140 valence electrons. The molecule has 0 spiro atoms. The van der Waals surface area contributed by atoms with Crippen LogP contribution in [0.4, 0.5) is 0 Å². The quantitative estimate of drug-likeness (QED) is 0.285. The second kappa shape index (κ2) is 6.38. The van der Waals surface area contributed by atoms with E-state index in [0.29, 0.717) is 0 Å². The Kier molecular flexibility index (Phi) is 4.82. The van der Waals surface area contributed by atoms with Gasteiger partial charge in [-0.1, -0.05) is 45.4 Å². The molecule has 3 aliphatic rings. The van der Waals surface area contributed by atoms with Crippen molar-refractivity contribution in [1.29, 1.82) is 0 Å². The fraction of sp³-hybridized carbons (Fsp3) is 0.762. The molecule has 2 aliphatic carbocycles. The van der Waals surface area contributed by atoms with Gasteiger partial charge >= 0.3 is 5.97 Å². The first-order valence-corrected chi connectivity index (χ1v) is 12.7. The van der Waals surface area contributed by atoms with Crippen molar-refractivity contribution in [2.75, 3.05) is 6.61 Å². The van der Waals surface area contributed by atoms with Crippen molar-refractivity contribution in [3.8, 4) is 0 Å². The van der Waals surface area contributed by atoms with Gasteiger partial charge in [0, 0.05) is 18.1 Å². The van der Waals surface area contributed by atoms with Gasteiger partial charge in [-0.05, 0) is 55.7 Å². The lowest BCUT2D eigenvalue weighted by molar-refractivity contribution is -0.139. The van der Waals surface area contributed by atoms with Gasteiger partial charge in [-0.2, -0.15) is 0 Å². The number of hydrogen-bond acceptors (Lipinski definition) is 3. The topological polar surface area (TPSA) is 35.5 Å². The Bertz CT molecular complexity index is 611. The number of carbonyl (C=O) groups excluding carboxylic acids is 1. The monoisotopic (exact) mass is 362 g/mol. The highest BCUT2D eigenvalue weighted by Crippen LogP contribution is 2.54. The molecule has 0 unspecified atom stereocenters. The van der Waals surface area contributed by atoms with Gasteiger partial charge in [-0.3, -0.25) is 0 Å². The van der Waals surface area contributed by atoms with Gasteiger partial charge in [-0.15, -0.1) is 0 Å². The zero-order valence-corrected chi connectivity index (χ0v) is 17.8. The van der Waals surface area contributed by atoms with Gasteiger partial charge in [0.15, 0.2) is 8.32 Å². The van der Waals surface area contributed by atoms with E-state index in [9.17, 15) is 4.79 Å². The minimum atomic E-state index is -1.66. The van der Waals surface area contributed by atoms with E-state index in [0.717, 1.165) is 44.3 Å². The van der Waals surface area contributed by atoms with Crippen LogP contribution < -0.4 is 0 Å². The summed E-state index contributed by atoms with van der Waals surface area (Å²) in [5, 5.41) is 0.266. The zero-order valence-electron chi connectivity index (χ0n) is 16.8. The molecule has 0 aromatic rings. The maximum atomic E-state index is 12.1. The molecule has 3 atom stereocenters. The van der Waals surface area contributed by atoms with Crippen molar-refractivity contribution in [1.82, 2.24) is 0 Å². The average Bonchev–Trinajstić information content (AvgIpc) is 2.85. The first kappa shape index (κ1) is 18.9. The predicted molar refractivity (Wildman–Crippen MR) is 104 cm³/mol. The Morgan fingerprint density at radius 3 is 2.72 bits per heavy atom. The fourth-order valence-corrected chi connectivity index (χ4v) is 5.43. The zero-order chi connectivity index (χ0) is 18.5. The Morgan fingerprint density at radius 2 is 2.04 bits per heavy atom. The molecule has 1 saturated carbocycles. The SMILES string of the molecule is CC(C)(C)[Si](C)(C)OCCC[C@]1(C)CC[C@H]2OC(=O)C3=CCC=C1[C@H]32. The van der Waals surface area contributed by atoms with E-state index in [1.807, 2.05) is 0 Å². The molecule has 0 bridgehead atoms. The van der Waals surface area contributed by atoms with E-state index >= 15 is 0 Å². The number of rotatable bonds is 5. The molecule has 0 amide bonds. The minimum Gasteiger partial charge on any atom is -0.458 e. The van der Waals surface area contributed by atoms with Crippen molar-refractivity contribution in [2.24, 2.45) is 11.3 Å². The molecule has 4 heteroatoms. The summed E-state index contributed by atoms with van der Waals surface area (Å²) < 4.78 is 12.0. The summed E-state index contributed by atoms with van der Waals surface area (Å²) in [5.74, 6) is 0.146. The molecular weight excluding hydrogens is 328 g/mol. The Balaban J connectivity index is 1.62. The third kappa shape index (κ3) is 3.40. The van der Waals surface area contributed by atoms with E-state index in [4.69, 9.17) is 9.16 Å². The van der Waals surface area contributed by atoms with Crippen molar-refractivity contribution < 1.29 is 14.0 Å². The predicted octanol–water partition coefficient (Wildman–Crippen LogP) is 5.39. The second-order valence-corrected chi connectivity index (χ2v) is 14.6. The van der Waals surface area contributed by atoms with E-state index in [2.05, 4.69) is 52.9 Å². The third-order valence-electron chi connectivity index (χ3n) is 7.03. The van der Waals surface area contributed by atoms with Gasteiger partial charge in [0.05, 0.1) is 0 Å². The van der Waals surface area contributed by atoms with E-state index in [-0.39, 0.29) is 28.4 Å². The number of esters is 1. The number of hydrogen-bond donors (Lipinski definition) is 0. The molecule has 1 aliphatic heterocycles. The highest BCUT2D eigenvalue weighted by atomic mass is 28.4. The molecule has 0 N–H and O–H groups in total. The van der Waals surface area contributed by atoms with Crippen LogP contribution in [0.25, 0.3) is 0 Å². The standard InChI is InChI=1S/C21H34O3Si/c1-20(2,3)25(5,6)23-14-8-12-21(4)13-11-17-18-15(19(22)24-17)9-7-10-16(18)21/h9-10,17-18H,7-8,11-14H2,1-6H3/t17-,18+,21-/m1/s1. The minimum absolute atomic E-state index is 0.0777. The largest absolute Gasteiger partial charge is 0.458 e. The summed E-state index contributed by atoms with van der Waals surface area (Å²) in [4.78, 5) is 12.1. The highest BCUT2D eigenvalue weighted by Gasteiger charge is 2.51. The molecule has 1 saturated heterocycles. The van der Waals surface area contributed by atoms with Crippen LogP contribution in [0, 0.1) is 11.3 Å². The van der Waals surface area contributed by atoms with Gasteiger partial charge in [0.2, 0.25) is 0 Å². The van der Waals surface area contributed by atoms with E-state index in [1.54, 1.807) is 0 Å². The molecule has 25 heavy (non-hydrogen) atoms. The normalized spacial score (nSPS) is 32.0. The maximum Gasteiger partial charge on any atom is 0.334 e. The lowest BCUT2D eigenvalue weighted by Crippen LogP contribution is -2.41. The molecular formula is C21H34O3Si. The van der Waals surface area contributed by atoms with Crippen LogP contribution in [0.3, 0.4) is 0 Å². The molecule has 0 aromatic heterocycles. The lowest BCUT2D eigenvalue weighted by atomic mass is 9.61. The van der Waals surface area contributed by atoms with Crippen molar-refractivity contribution in [2.45, 2.75) is 84.0 Å². The summed E-state index contributed by atoms with van der Waals surface area (Å²) in [6.07, 6.45) is 9.72. The van der Waals surface area contributed by atoms with Crippen molar-refractivity contribution >= 4 is 14.3 Å². The first-order valence-electron chi connectivity index (χ1n) is 9.81. The van der Waals surface area contributed by atoms with Crippen LogP contribution in [0.5, 0.6) is 0 Å². The van der Waals surface area contributed by atoms with Gasteiger partial charge in [0.1, 0.15) is 6.10 Å². The lowest BCUT2D eigenvalue weighted by Gasteiger charge is -2.43. The van der Waals surface area contributed by atoms with Crippen LogP contribution in [0.2, 0.25) is 18.1 Å². The fourth-order valence-electron chi connectivity index (χ4n) is 4.35. The Labute approximate surface area is 154 Å². The number of ether oxygens (including phenoxy) is 1. The smallest absolute Gasteiger partial charge is 0.334 e. The van der Waals surface area contributed by atoms with E-state index < -0.39 is 8.32 Å². The van der Waals surface area contributed by atoms with Crippen LogP contribution >= 0.6 is 0 Å². The summed E-state index contributed by atoms with van der Waals surface area (Å²) in [6.45, 7) is 14.8. The molecule has 1 heterocycles. The summed E-state index contributed by atoms with van der Waals surface area (Å²) >= 11 is 0. The molecule has 3 nitrogen and oxygen atoms in total. The summed E-state index contributed by atoms with van der Waals surface area (Å²) in [6, 6.07) is 0. The second-order valence-electron chi connectivity index (χ2n) is 9.79. The molecule has 2 fully saturated rings. The highest BCUT2D eigenvalue weighted by molar-refractivity contribution is 6.74. The maximum absolute atomic E-state index is 12.1. The van der Waals surface area contributed by atoms with Gasteiger partial charge in [-0.25, -0.2) is 4.79 Å². The van der Waals surface area contributed by atoms with Crippen LogP contribution in [-0.2, 0) is 14.0 Å². The molecule has 0 aromatic carbocycles. The molecule has 3 rings (SSSR count). The van der Waals surface area contributed by atoms with E-state index in [1.165, 1.54) is 5.57 Å². The number of allylic oxidation sites excluding steroid dienone is 2. The van der Waals surface area contributed by atoms with Crippen molar-refractivity contribution in [3.05, 3.63) is 23.3 Å². The average molecular weight is 363 g/mol. The van der Waals surface area contributed by atoms with Crippen LogP contribution in [-0.4, -0.2) is 27.0 Å². The molecule has 0 radical (unpaired) electrons. The third-order valence-corrected chi connectivity index (χ3v) is 11.6. The first-order chi connectivity index (χ1) is 11.6. The van der Waals surface area contributed by atoms with Crippen LogP contribution in [0.15, 0.2) is 23.3 Å². The Morgan fingerprint density at radius 1 is 1.32 bits per heavy atom. The van der Waals surface area contributed by atoms with Gasteiger partial charge in [0.25, 0.3) is 0 Å².